The predicted molar refractivity (Wildman–Crippen MR) is 304 cm³/mol. The van der Waals surface area contributed by atoms with Crippen LogP contribution in [0.25, 0.3) is 33.1 Å². The molecule has 0 fully saturated rings. The Bertz CT molecular complexity index is 3610. The Labute approximate surface area is 419 Å². The van der Waals surface area contributed by atoms with Gasteiger partial charge in [0.2, 0.25) is 0 Å². The molecule has 3 heterocycles. The molecular formula is C66H60BN3O. The maximum Gasteiger partial charge on any atom is 0.252 e. The van der Waals surface area contributed by atoms with E-state index in [-0.39, 0.29) is 23.0 Å². The summed E-state index contributed by atoms with van der Waals surface area (Å²) < 4.78 is 6.38. The summed E-state index contributed by atoms with van der Waals surface area (Å²) in [6.07, 6.45) is 0. The monoisotopic (exact) mass is 921 g/mol. The van der Waals surface area contributed by atoms with Gasteiger partial charge in [0, 0.05) is 56.3 Å². The van der Waals surface area contributed by atoms with Crippen LogP contribution in [0, 0.1) is 0 Å². The van der Waals surface area contributed by atoms with Crippen molar-refractivity contribution in [2.24, 2.45) is 0 Å². The van der Waals surface area contributed by atoms with E-state index in [2.05, 4.69) is 265 Å². The number of para-hydroxylation sites is 3. The van der Waals surface area contributed by atoms with Crippen molar-refractivity contribution < 1.29 is 4.42 Å². The third kappa shape index (κ3) is 7.61. The Hall–Kier alpha value is -7.76. The summed E-state index contributed by atoms with van der Waals surface area (Å²) in [5, 5.41) is 2.28. The van der Waals surface area contributed by atoms with Gasteiger partial charge in [0.15, 0.2) is 0 Å². The van der Waals surface area contributed by atoms with E-state index < -0.39 is 0 Å². The fourth-order valence-electron chi connectivity index (χ4n) is 11.0. The van der Waals surface area contributed by atoms with Crippen LogP contribution in [0.3, 0.4) is 0 Å². The highest BCUT2D eigenvalue weighted by Gasteiger charge is 2.45. The van der Waals surface area contributed by atoms with E-state index in [1.165, 1.54) is 50.1 Å². The SMILES string of the molecule is CC(C)(C)c1ccc(N2c3ccc(C(C)(C)C)cc3B3c4ccc(C(C)(C)C)cc4N(c4ccc(-c5ccc6c(c5)oc5ccccc56)cc4)c4cc(N(c5ccccc5)c5ccccc5)cc2c43)cc1. The van der Waals surface area contributed by atoms with Gasteiger partial charge in [-0.15, -0.1) is 0 Å². The first-order valence-corrected chi connectivity index (χ1v) is 25.2. The maximum atomic E-state index is 6.38. The molecule has 0 amide bonds. The first-order chi connectivity index (χ1) is 34.1. The molecule has 0 spiro atoms. The van der Waals surface area contributed by atoms with Gasteiger partial charge in [0.1, 0.15) is 11.2 Å². The van der Waals surface area contributed by atoms with Crippen LogP contribution in [0.4, 0.5) is 51.2 Å². The van der Waals surface area contributed by atoms with Crippen LogP contribution >= 0.6 is 0 Å². The van der Waals surface area contributed by atoms with Crippen LogP contribution in [0.5, 0.6) is 0 Å². The summed E-state index contributed by atoms with van der Waals surface area (Å²) >= 11 is 0. The molecule has 0 unspecified atom stereocenters. The van der Waals surface area contributed by atoms with Gasteiger partial charge in [0.05, 0.1) is 5.69 Å². The van der Waals surface area contributed by atoms with Gasteiger partial charge in [-0.05, 0) is 151 Å². The summed E-state index contributed by atoms with van der Waals surface area (Å²) in [6.45, 7) is 20.8. The molecule has 2 aliphatic heterocycles. The highest BCUT2D eigenvalue weighted by Crippen LogP contribution is 2.49. The summed E-state index contributed by atoms with van der Waals surface area (Å²) in [5.41, 5.74) is 22.1. The maximum absolute atomic E-state index is 6.38. The average Bonchev–Trinajstić information content (AvgIpc) is 3.74. The van der Waals surface area contributed by atoms with E-state index in [0.29, 0.717) is 0 Å². The molecule has 12 rings (SSSR count). The van der Waals surface area contributed by atoms with E-state index in [1.54, 1.807) is 0 Å². The van der Waals surface area contributed by atoms with Gasteiger partial charge < -0.3 is 19.1 Å². The van der Waals surface area contributed by atoms with Crippen molar-refractivity contribution >= 4 is 96.2 Å². The second-order valence-electron chi connectivity index (χ2n) is 22.7. The van der Waals surface area contributed by atoms with Crippen LogP contribution in [-0.4, -0.2) is 6.71 Å². The summed E-state index contributed by atoms with van der Waals surface area (Å²) in [5.74, 6) is 0. The number of fused-ring (bicyclic) bond motifs is 7. The topological polar surface area (TPSA) is 22.9 Å². The molecule has 1 aromatic heterocycles. The smallest absolute Gasteiger partial charge is 0.252 e. The Balaban J connectivity index is 1.14. The molecule has 0 atom stereocenters. The fourth-order valence-corrected chi connectivity index (χ4v) is 11.0. The van der Waals surface area contributed by atoms with Crippen molar-refractivity contribution in [3.63, 3.8) is 0 Å². The number of hydrogen-bond acceptors (Lipinski definition) is 4. The number of anilines is 9. The van der Waals surface area contributed by atoms with Crippen molar-refractivity contribution in [1.82, 2.24) is 0 Å². The van der Waals surface area contributed by atoms with Gasteiger partial charge in [-0.1, -0.05) is 172 Å². The Morgan fingerprint density at radius 1 is 0.366 bits per heavy atom. The lowest BCUT2D eigenvalue weighted by molar-refractivity contribution is 0.590. The number of rotatable bonds is 6. The zero-order chi connectivity index (χ0) is 49.0. The van der Waals surface area contributed by atoms with Gasteiger partial charge in [-0.2, -0.15) is 0 Å². The molecule has 5 heteroatoms. The third-order valence-electron chi connectivity index (χ3n) is 14.9. The zero-order valence-electron chi connectivity index (χ0n) is 42.4. The van der Waals surface area contributed by atoms with Crippen molar-refractivity contribution in [3.8, 4) is 11.1 Å². The molecule has 71 heavy (non-hydrogen) atoms. The Morgan fingerprint density at radius 2 is 0.873 bits per heavy atom. The number of furan rings is 1. The van der Waals surface area contributed by atoms with Gasteiger partial charge >= 0.3 is 0 Å². The van der Waals surface area contributed by atoms with Crippen molar-refractivity contribution in [3.05, 3.63) is 217 Å². The summed E-state index contributed by atoms with van der Waals surface area (Å²) in [7, 11) is 0. The van der Waals surface area contributed by atoms with Crippen molar-refractivity contribution in [1.29, 1.82) is 0 Å². The molecular weight excluding hydrogens is 862 g/mol. The second-order valence-corrected chi connectivity index (χ2v) is 22.7. The molecule has 0 saturated heterocycles. The number of benzene rings is 9. The van der Waals surface area contributed by atoms with E-state index >= 15 is 0 Å². The summed E-state index contributed by atoms with van der Waals surface area (Å²) in [6, 6.07) is 74.5. The Morgan fingerprint density at radius 3 is 1.49 bits per heavy atom. The highest BCUT2D eigenvalue weighted by molar-refractivity contribution is 7.00. The van der Waals surface area contributed by atoms with E-state index in [1.807, 2.05) is 12.1 Å². The van der Waals surface area contributed by atoms with Gasteiger partial charge in [0.25, 0.3) is 6.71 Å². The van der Waals surface area contributed by atoms with Gasteiger partial charge in [-0.3, -0.25) is 0 Å². The molecule has 2 aliphatic rings. The zero-order valence-corrected chi connectivity index (χ0v) is 42.4. The van der Waals surface area contributed by atoms with E-state index in [4.69, 9.17) is 4.42 Å². The quantitative estimate of drug-likeness (QED) is 0.155. The van der Waals surface area contributed by atoms with Crippen LogP contribution in [-0.2, 0) is 16.2 Å². The van der Waals surface area contributed by atoms with Gasteiger partial charge in [-0.25, -0.2) is 0 Å². The number of nitrogens with zero attached hydrogens (tertiary/aromatic N) is 3. The van der Waals surface area contributed by atoms with Crippen LogP contribution in [0.2, 0.25) is 0 Å². The minimum Gasteiger partial charge on any atom is -0.456 e. The molecule has 0 bridgehead atoms. The third-order valence-corrected chi connectivity index (χ3v) is 14.9. The molecule has 0 saturated carbocycles. The molecule has 0 N–H and O–H groups in total. The summed E-state index contributed by atoms with van der Waals surface area (Å²) in [4.78, 5) is 7.52. The van der Waals surface area contributed by atoms with Crippen LogP contribution in [0.1, 0.15) is 79.0 Å². The molecule has 9 aromatic carbocycles. The first-order valence-electron chi connectivity index (χ1n) is 25.2. The van der Waals surface area contributed by atoms with Crippen molar-refractivity contribution in [2.75, 3.05) is 14.7 Å². The predicted octanol–water partition coefficient (Wildman–Crippen LogP) is 16.7. The van der Waals surface area contributed by atoms with E-state index in [0.717, 1.165) is 67.2 Å². The van der Waals surface area contributed by atoms with E-state index in [9.17, 15) is 0 Å². The second kappa shape index (κ2) is 16.4. The molecule has 348 valence electrons. The first kappa shape index (κ1) is 44.5. The standard InChI is InChI=1S/C66H60BN3O/c1-64(2,3)45-27-33-51(34-28-45)69-57-37-30-46(65(4,5)6)39-56(57)67-55-36-29-47(66(7,8)9)40-58(55)70(50-31-24-43(25-32-50)44-26-35-54-53-22-16-17-23-61(53)71-62(54)38-44)60-42-52(41-59(69)63(60)67)68(48-18-12-10-13-19-48)49-20-14-11-15-21-49/h10-42H,1-9H3. The van der Waals surface area contributed by atoms with Crippen LogP contribution in [0.15, 0.2) is 205 Å². The lowest BCUT2D eigenvalue weighted by Gasteiger charge is -2.45. The lowest BCUT2D eigenvalue weighted by Crippen LogP contribution is -2.61. The highest BCUT2D eigenvalue weighted by atomic mass is 16.3. The fraction of sp³-hybridized carbons (Fsp3) is 0.182. The molecule has 4 nitrogen and oxygen atoms in total. The normalized spacial score (nSPS) is 13.3. The molecule has 10 aromatic rings. The molecule has 0 aliphatic carbocycles. The van der Waals surface area contributed by atoms with Crippen molar-refractivity contribution in [2.45, 2.75) is 78.6 Å². The lowest BCUT2D eigenvalue weighted by atomic mass is 9.33. The largest absolute Gasteiger partial charge is 0.456 e. The number of hydrogen-bond donors (Lipinski definition) is 0. The van der Waals surface area contributed by atoms with Crippen LogP contribution < -0.4 is 31.1 Å². The molecule has 0 radical (unpaired) electrons. The minimum atomic E-state index is -0.0789. The Kier molecular flexibility index (Phi) is 10.3. The minimum absolute atomic E-state index is 0.0157. The average molecular weight is 922 g/mol.